The highest BCUT2D eigenvalue weighted by molar-refractivity contribution is 7.89. The van der Waals surface area contributed by atoms with E-state index in [0.717, 1.165) is 18.9 Å². The van der Waals surface area contributed by atoms with Gasteiger partial charge in [0.1, 0.15) is 10.6 Å². The number of halogens is 1. The van der Waals surface area contributed by atoms with Gasteiger partial charge in [-0.05, 0) is 30.7 Å². The molecule has 1 aromatic carbocycles. The number of nitro groups is 1. The molecule has 1 aliphatic heterocycles. The van der Waals surface area contributed by atoms with Crippen LogP contribution in [0.4, 0.5) is 5.69 Å². The summed E-state index contributed by atoms with van der Waals surface area (Å²) in [5.74, 6) is 0.471. The van der Waals surface area contributed by atoms with Crippen molar-refractivity contribution < 1.29 is 18.1 Å². The second-order valence-electron chi connectivity index (χ2n) is 6.08. The summed E-state index contributed by atoms with van der Waals surface area (Å²) in [5, 5.41) is 10.8. The third-order valence-corrected chi connectivity index (χ3v) is 6.73. The van der Waals surface area contributed by atoms with E-state index in [2.05, 4.69) is 0 Å². The molecule has 24 heavy (non-hydrogen) atoms. The molecule has 1 aromatic rings. The van der Waals surface area contributed by atoms with Crippen LogP contribution in [0.2, 0.25) is 0 Å². The van der Waals surface area contributed by atoms with Gasteiger partial charge < -0.3 is 10.5 Å². The third-order valence-electron chi connectivity index (χ3n) is 4.85. The maximum atomic E-state index is 12.9. The molecule has 0 spiro atoms. The second-order valence-corrected chi connectivity index (χ2v) is 7.99. The lowest BCUT2D eigenvalue weighted by molar-refractivity contribution is -0.385. The highest BCUT2D eigenvalue weighted by Gasteiger charge is 2.45. The number of benzene rings is 1. The zero-order chi connectivity index (χ0) is 16.8. The number of non-ortho nitro benzene ring substituents is 1. The lowest BCUT2D eigenvalue weighted by atomic mass is 9.98. The number of fused-ring (bicyclic) bond motifs is 1. The Morgan fingerprint density at radius 3 is 2.62 bits per heavy atom. The molecule has 134 valence electrons. The molecule has 0 amide bonds. The van der Waals surface area contributed by atoms with E-state index in [4.69, 9.17) is 10.5 Å². The SMILES string of the molecule is COc1cc([N+](=O)[O-])ccc1S(=O)(=O)N1CC2CCC(N)C2C1.Cl. The first kappa shape index (κ1) is 18.9. The predicted molar refractivity (Wildman–Crippen MR) is 89.8 cm³/mol. The Hall–Kier alpha value is -1.42. The second kappa shape index (κ2) is 6.83. The van der Waals surface area contributed by atoms with Crippen molar-refractivity contribution in [2.24, 2.45) is 17.6 Å². The maximum Gasteiger partial charge on any atom is 0.273 e. The van der Waals surface area contributed by atoms with E-state index in [-0.39, 0.29) is 40.7 Å². The third kappa shape index (κ3) is 3.08. The van der Waals surface area contributed by atoms with Crippen LogP contribution in [0.1, 0.15) is 12.8 Å². The van der Waals surface area contributed by atoms with Crippen molar-refractivity contribution in [3.63, 3.8) is 0 Å². The Balaban J connectivity index is 0.00000208. The van der Waals surface area contributed by atoms with Crippen LogP contribution >= 0.6 is 12.4 Å². The highest BCUT2D eigenvalue weighted by Crippen LogP contribution is 2.40. The van der Waals surface area contributed by atoms with Crippen molar-refractivity contribution in [1.29, 1.82) is 0 Å². The van der Waals surface area contributed by atoms with Gasteiger partial charge in [0.2, 0.25) is 10.0 Å². The van der Waals surface area contributed by atoms with E-state index in [1.54, 1.807) is 0 Å². The van der Waals surface area contributed by atoms with E-state index in [9.17, 15) is 18.5 Å². The topological polar surface area (TPSA) is 116 Å². The molecule has 3 atom stereocenters. The Labute approximate surface area is 146 Å². The van der Waals surface area contributed by atoms with Crippen LogP contribution in [0.3, 0.4) is 0 Å². The number of hydrogen-bond acceptors (Lipinski definition) is 6. The summed E-state index contributed by atoms with van der Waals surface area (Å²) in [6.45, 7) is 0.842. The van der Waals surface area contributed by atoms with Crippen LogP contribution in [0, 0.1) is 22.0 Å². The summed E-state index contributed by atoms with van der Waals surface area (Å²) in [5.41, 5.74) is 5.84. The quantitative estimate of drug-likeness (QED) is 0.626. The number of nitro benzene ring substituents is 1. The summed E-state index contributed by atoms with van der Waals surface area (Å²) in [7, 11) is -2.46. The van der Waals surface area contributed by atoms with Crippen molar-refractivity contribution in [3.05, 3.63) is 28.3 Å². The number of rotatable bonds is 4. The molecule has 2 fully saturated rings. The molecule has 2 aliphatic rings. The number of sulfonamides is 1. The van der Waals surface area contributed by atoms with E-state index in [1.807, 2.05) is 0 Å². The summed E-state index contributed by atoms with van der Waals surface area (Å²) in [6, 6.07) is 3.59. The highest BCUT2D eigenvalue weighted by atomic mass is 35.5. The zero-order valence-electron chi connectivity index (χ0n) is 13.1. The molecule has 3 rings (SSSR count). The van der Waals surface area contributed by atoms with Crippen LogP contribution in [-0.2, 0) is 10.0 Å². The Morgan fingerprint density at radius 2 is 2.04 bits per heavy atom. The number of nitrogens with zero attached hydrogens (tertiary/aromatic N) is 2. The van der Waals surface area contributed by atoms with Gasteiger partial charge >= 0.3 is 0 Å². The zero-order valence-corrected chi connectivity index (χ0v) is 14.8. The monoisotopic (exact) mass is 377 g/mol. The predicted octanol–water partition coefficient (Wildman–Crippen LogP) is 1.38. The standard InChI is InChI=1S/C14H19N3O5S.ClH/c1-22-13-6-10(17(18)19)3-5-14(13)23(20,21)16-7-9-2-4-12(15)11(9)8-16;/h3,5-6,9,11-12H,2,4,7-8,15H2,1H3;1H. The molecule has 0 bridgehead atoms. The van der Waals surface area contributed by atoms with E-state index < -0.39 is 14.9 Å². The fraction of sp³-hybridized carbons (Fsp3) is 0.571. The normalized spacial score (nSPS) is 26.7. The summed E-state index contributed by atoms with van der Waals surface area (Å²) in [6.07, 6.45) is 1.87. The van der Waals surface area contributed by atoms with E-state index >= 15 is 0 Å². The Kier molecular flexibility index (Phi) is 5.38. The van der Waals surface area contributed by atoms with Gasteiger partial charge in [-0.2, -0.15) is 4.31 Å². The summed E-state index contributed by atoms with van der Waals surface area (Å²) < 4.78 is 32.2. The number of methoxy groups -OCH3 is 1. The van der Waals surface area contributed by atoms with Gasteiger partial charge in [0.25, 0.3) is 5.69 Å². The number of nitrogens with two attached hydrogens (primary N) is 1. The van der Waals surface area contributed by atoms with Crippen molar-refractivity contribution >= 4 is 28.1 Å². The van der Waals surface area contributed by atoms with E-state index in [0.29, 0.717) is 19.0 Å². The average Bonchev–Trinajstić information content (AvgIpc) is 3.09. The molecule has 1 saturated carbocycles. The van der Waals surface area contributed by atoms with Crippen LogP contribution in [0.15, 0.2) is 23.1 Å². The molecule has 8 nitrogen and oxygen atoms in total. The molecule has 1 saturated heterocycles. The van der Waals surface area contributed by atoms with Crippen LogP contribution in [0.5, 0.6) is 5.75 Å². The van der Waals surface area contributed by atoms with Gasteiger partial charge in [-0.3, -0.25) is 10.1 Å². The van der Waals surface area contributed by atoms with E-state index in [1.165, 1.54) is 23.5 Å². The molecule has 3 unspecified atom stereocenters. The summed E-state index contributed by atoms with van der Waals surface area (Å²) >= 11 is 0. The molecule has 10 heteroatoms. The first-order chi connectivity index (χ1) is 10.8. The van der Waals surface area contributed by atoms with Crippen molar-refractivity contribution in [2.75, 3.05) is 20.2 Å². The lowest BCUT2D eigenvalue weighted by Gasteiger charge is -2.19. The van der Waals surface area contributed by atoms with Crippen molar-refractivity contribution in [2.45, 2.75) is 23.8 Å². The minimum Gasteiger partial charge on any atom is -0.495 e. The summed E-state index contributed by atoms with van der Waals surface area (Å²) in [4.78, 5) is 10.2. The van der Waals surface area contributed by atoms with Crippen LogP contribution in [-0.4, -0.2) is 43.9 Å². The average molecular weight is 378 g/mol. The smallest absolute Gasteiger partial charge is 0.273 e. The molecule has 1 heterocycles. The lowest BCUT2D eigenvalue weighted by Crippen LogP contribution is -2.33. The Morgan fingerprint density at radius 1 is 1.33 bits per heavy atom. The molecular weight excluding hydrogens is 358 g/mol. The molecule has 0 radical (unpaired) electrons. The first-order valence-corrected chi connectivity index (χ1v) is 8.86. The molecular formula is C14H20ClN3O5S. The van der Waals surface area contributed by atoms with Gasteiger partial charge in [0, 0.05) is 25.2 Å². The Bertz CT molecular complexity index is 742. The van der Waals surface area contributed by atoms with Crippen LogP contribution in [0.25, 0.3) is 0 Å². The van der Waals surface area contributed by atoms with Gasteiger partial charge in [-0.15, -0.1) is 12.4 Å². The fourth-order valence-corrected chi connectivity index (χ4v) is 5.26. The van der Waals surface area contributed by atoms with Gasteiger partial charge in [0.15, 0.2) is 0 Å². The van der Waals surface area contributed by atoms with Gasteiger partial charge in [-0.25, -0.2) is 8.42 Å². The first-order valence-electron chi connectivity index (χ1n) is 7.42. The molecule has 2 N–H and O–H groups in total. The minimum atomic E-state index is -3.76. The number of ether oxygens (including phenoxy) is 1. The molecule has 0 aromatic heterocycles. The van der Waals surface area contributed by atoms with Crippen molar-refractivity contribution in [3.8, 4) is 5.75 Å². The molecule has 1 aliphatic carbocycles. The fourth-order valence-electron chi connectivity index (χ4n) is 3.58. The van der Waals surface area contributed by atoms with Crippen LogP contribution < -0.4 is 10.5 Å². The van der Waals surface area contributed by atoms with Gasteiger partial charge in [0.05, 0.1) is 18.1 Å². The minimum absolute atomic E-state index is 0. The maximum absolute atomic E-state index is 12.9. The largest absolute Gasteiger partial charge is 0.495 e. The van der Waals surface area contributed by atoms with Crippen molar-refractivity contribution in [1.82, 2.24) is 4.31 Å². The van der Waals surface area contributed by atoms with Gasteiger partial charge in [-0.1, -0.05) is 0 Å². The number of hydrogen-bond donors (Lipinski definition) is 1.